The molecular formula is C38H36FN3O6S. The topological polar surface area (TPSA) is 93.3 Å². The van der Waals surface area contributed by atoms with E-state index in [-0.39, 0.29) is 23.6 Å². The number of nitrogens with zero attached hydrogens (tertiary/aromatic N) is 3. The van der Waals surface area contributed by atoms with Gasteiger partial charge in [-0.05, 0) is 93.4 Å². The maximum atomic E-state index is 14.1. The van der Waals surface area contributed by atoms with Crippen molar-refractivity contribution < 1.29 is 28.1 Å². The normalized spacial score (nSPS) is 14.1. The summed E-state index contributed by atoms with van der Waals surface area (Å²) < 4.78 is 40.6. The van der Waals surface area contributed by atoms with Gasteiger partial charge in [-0.1, -0.05) is 35.6 Å². The van der Waals surface area contributed by atoms with E-state index in [2.05, 4.69) is 9.56 Å². The number of aryl methyl sites for hydroxylation is 1. The van der Waals surface area contributed by atoms with Gasteiger partial charge in [0.25, 0.3) is 5.56 Å². The zero-order valence-electron chi connectivity index (χ0n) is 27.9. The van der Waals surface area contributed by atoms with Crippen LogP contribution in [0.4, 0.5) is 4.39 Å². The number of carbonyl (C=O) groups is 1. The Balaban J connectivity index is 1.35. The lowest BCUT2D eigenvalue weighted by molar-refractivity contribution is -0.136. The molecule has 3 heterocycles. The highest BCUT2D eigenvalue weighted by Gasteiger charge is 2.31. The molecule has 0 N–H and O–H groups in total. The van der Waals surface area contributed by atoms with Gasteiger partial charge in [-0.15, -0.1) is 0 Å². The Morgan fingerprint density at radius 1 is 0.959 bits per heavy atom. The summed E-state index contributed by atoms with van der Waals surface area (Å²) in [7, 11) is 1.30. The number of methoxy groups -OCH3 is 1. The largest absolute Gasteiger partial charge is 0.490 e. The van der Waals surface area contributed by atoms with Crippen LogP contribution in [0.25, 0.3) is 11.8 Å². The lowest BCUT2D eigenvalue weighted by Crippen LogP contribution is -2.39. The van der Waals surface area contributed by atoms with E-state index in [1.807, 2.05) is 70.2 Å². The van der Waals surface area contributed by atoms with Crippen molar-refractivity contribution in [2.24, 2.45) is 4.99 Å². The van der Waals surface area contributed by atoms with E-state index in [4.69, 9.17) is 18.9 Å². The van der Waals surface area contributed by atoms with Crippen LogP contribution in [0.1, 0.15) is 48.0 Å². The molecule has 3 aromatic carbocycles. The number of hydrogen-bond donors (Lipinski definition) is 0. The number of thiazole rings is 1. The Hall–Kier alpha value is -5.42. The van der Waals surface area contributed by atoms with Gasteiger partial charge in [0.2, 0.25) is 0 Å². The fourth-order valence-electron chi connectivity index (χ4n) is 5.93. The van der Waals surface area contributed by atoms with E-state index in [0.717, 1.165) is 22.6 Å². The van der Waals surface area contributed by atoms with Gasteiger partial charge in [-0.3, -0.25) is 9.36 Å². The average Bonchev–Trinajstić information content (AvgIpc) is 3.58. The first-order chi connectivity index (χ1) is 23.7. The van der Waals surface area contributed by atoms with Crippen molar-refractivity contribution in [3.63, 3.8) is 0 Å². The number of aromatic nitrogens is 2. The smallest absolute Gasteiger partial charge is 0.337 e. The summed E-state index contributed by atoms with van der Waals surface area (Å²) in [5.74, 6) is 0.829. The molecule has 0 spiro atoms. The van der Waals surface area contributed by atoms with E-state index >= 15 is 0 Å². The highest BCUT2D eigenvalue weighted by Crippen LogP contribution is 2.35. The summed E-state index contributed by atoms with van der Waals surface area (Å²) in [6.45, 7) is 8.76. The fourth-order valence-corrected chi connectivity index (χ4v) is 6.89. The molecule has 0 fully saturated rings. The second-order valence-corrected chi connectivity index (χ2v) is 12.3. The van der Waals surface area contributed by atoms with Crippen LogP contribution in [0.5, 0.6) is 17.2 Å². The molecule has 0 radical (unpaired) electrons. The molecule has 1 aliphatic rings. The molecule has 0 saturated heterocycles. The minimum Gasteiger partial charge on any atom is -0.490 e. The molecule has 0 unspecified atom stereocenters. The number of hydrogen-bond acceptors (Lipinski definition) is 8. The van der Waals surface area contributed by atoms with Crippen molar-refractivity contribution in [2.75, 3.05) is 20.3 Å². The second-order valence-electron chi connectivity index (χ2n) is 11.3. The summed E-state index contributed by atoms with van der Waals surface area (Å²) in [6.07, 6.45) is 3.33. The number of rotatable bonds is 11. The molecule has 9 nitrogen and oxygen atoms in total. The highest BCUT2D eigenvalue weighted by atomic mass is 32.1. The third-order valence-corrected chi connectivity index (χ3v) is 9.21. The van der Waals surface area contributed by atoms with Crippen LogP contribution in [0.2, 0.25) is 0 Å². The van der Waals surface area contributed by atoms with Crippen LogP contribution in [-0.2, 0) is 16.1 Å². The zero-order chi connectivity index (χ0) is 34.7. The van der Waals surface area contributed by atoms with Gasteiger partial charge < -0.3 is 23.5 Å². The molecule has 5 aromatic rings. The Kier molecular flexibility index (Phi) is 9.82. The molecule has 2 aromatic heterocycles. The van der Waals surface area contributed by atoms with Crippen LogP contribution in [0.3, 0.4) is 0 Å². The van der Waals surface area contributed by atoms with Gasteiger partial charge in [-0.25, -0.2) is 14.2 Å². The van der Waals surface area contributed by atoms with Crippen molar-refractivity contribution in [2.45, 2.75) is 40.3 Å². The molecule has 0 amide bonds. The summed E-state index contributed by atoms with van der Waals surface area (Å²) in [4.78, 5) is 32.0. The van der Waals surface area contributed by atoms with E-state index in [0.29, 0.717) is 50.9 Å². The maximum Gasteiger partial charge on any atom is 0.337 e. The Morgan fingerprint density at radius 3 is 2.41 bits per heavy atom. The molecule has 1 aliphatic heterocycles. The predicted molar refractivity (Wildman–Crippen MR) is 186 cm³/mol. The van der Waals surface area contributed by atoms with Crippen molar-refractivity contribution in [3.05, 3.63) is 138 Å². The van der Waals surface area contributed by atoms with Crippen LogP contribution >= 0.6 is 11.3 Å². The summed E-state index contributed by atoms with van der Waals surface area (Å²) in [5.41, 5.74) is 4.78. The van der Waals surface area contributed by atoms with Crippen molar-refractivity contribution in [3.8, 4) is 22.9 Å². The standard InChI is InChI=1S/C38H36FN3O6S/c1-6-46-32-17-12-25(19-33(32)47-7-2)35-30(37(44)45-5)21-40-38-42(35)36(43)34(49-38)20-27-18-23(3)41(24(27)4)28-13-15-29(16-14-28)48-22-26-10-8-9-11-31(26)39/h8-21,35H,6-7,22H2,1-5H3/b34-20+/t35-/m1/s1. The number of halogens is 1. The Morgan fingerprint density at radius 2 is 1.69 bits per heavy atom. The van der Waals surface area contributed by atoms with Gasteiger partial charge in [0, 0.05) is 28.8 Å². The van der Waals surface area contributed by atoms with Gasteiger partial charge >= 0.3 is 5.97 Å². The summed E-state index contributed by atoms with van der Waals surface area (Å²) >= 11 is 1.25. The van der Waals surface area contributed by atoms with E-state index < -0.39 is 12.0 Å². The number of benzene rings is 3. The second kappa shape index (κ2) is 14.4. The number of esters is 1. The molecule has 0 bridgehead atoms. The van der Waals surface area contributed by atoms with Crippen molar-refractivity contribution >= 4 is 23.4 Å². The van der Waals surface area contributed by atoms with E-state index in [9.17, 15) is 14.0 Å². The molecule has 0 aliphatic carbocycles. The highest BCUT2D eigenvalue weighted by molar-refractivity contribution is 7.07. The first-order valence-electron chi connectivity index (χ1n) is 15.9. The summed E-state index contributed by atoms with van der Waals surface area (Å²) in [6, 6.07) is 20.8. The molecule has 49 heavy (non-hydrogen) atoms. The quantitative estimate of drug-likeness (QED) is 0.160. The SMILES string of the molecule is CCOc1ccc([C@@H]2C(C(=O)OC)=CN=c3s/c(=C/c4cc(C)n(-c5ccc(OCc6ccccc6F)cc5)c4C)c(=O)n32)cc1OCC. The Bertz CT molecular complexity index is 2230. The Labute approximate surface area is 286 Å². The third kappa shape index (κ3) is 6.66. The van der Waals surface area contributed by atoms with Gasteiger partial charge in [0.15, 0.2) is 16.3 Å². The fraction of sp³-hybridized carbons (Fsp3) is 0.237. The van der Waals surface area contributed by atoms with Crippen LogP contribution in [0, 0.1) is 19.7 Å². The number of ether oxygens (including phenoxy) is 4. The first-order valence-corrected chi connectivity index (χ1v) is 16.7. The molecule has 6 rings (SSSR count). The molecule has 1 atom stereocenters. The molecule has 11 heteroatoms. The van der Waals surface area contributed by atoms with E-state index in [1.165, 1.54) is 35.3 Å². The number of fused-ring (bicyclic) bond motifs is 1. The molecular weight excluding hydrogens is 645 g/mol. The monoisotopic (exact) mass is 681 g/mol. The van der Waals surface area contributed by atoms with Gasteiger partial charge in [0.1, 0.15) is 18.2 Å². The summed E-state index contributed by atoms with van der Waals surface area (Å²) in [5, 5.41) is 0. The van der Waals surface area contributed by atoms with Crippen LogP contribution < -0.4 is 29.1 Å². The lowest BCUT2D eigenvalue weighted by Gasteiger charge is -2.23. The third-order valence-electron chi connectivity index (χ3n) is 8.21. The first kappa shape index (κ1) is 33.5. The predicted octanol–water partition coefficient (Wildman–Crippen LogP) is 5.94. The van der Waals surface area contributed by atoms with Gasteiger partial charge in [-0.2, -0.15) is 0 Å². The zero-order valence-corrected chi connectivity index (χ0v) is 28.7. The van der Waals surface area contributed by atoms with Crippen LogP contribution in [0.15, 0.2) is 94.4 Å². The van der Waals surface area contributed by atoms with Crippen molar-refractivity contribution in [1.29, 1.82) is 0 Å². The minimum absolute atomic E-state index is 0.128. The van der Waals surface area contributed by atoms with Crippen LogP contribution in [-0.4, -0.2) is 35.4 Å². The minimum atomic E-state index is -0.785. The van der Waals surface area contributed by atoms with E-state index in [1.54, 1.807) is 30.3 Å². The maximum absolute atomic E-state index is 14.1. The van der Waals surface area contributed by atoms with Gasteiger partial charge in [0.05, 0.1) is 36.5 Å². The average molecular weight is 682 g/mol. The van der Waals surface area contributed by atoms with Crippen molar-refractivity contribution in [1.82, 2.24) is 9.13 Å². The molecule has 0 saturated carbocycles. The lowest BCUT2D eigenvalue weighted by atomic mass is 9.97. The molecule has 252 valence electrons. The number of carbonyl (C=O) groups excluding carboxylic acids is 1.